The van der Waals surface area contributed by atoms with E-state index in [1.54, 1.807) is 0 Å². The monoisotopic (exact) mass is 437 g/mol. The Morgan fingerprint density at radius 1 is 0.571 bits per heavy atom. The summed E-state index contributed by atoms with van der Waals surface area (Å²) in [6.45, 7) is 0. The highest BCUT2D eigenvalue weighted by molar-refractivity contribution is 7.69. The molecule has 5 aromatic rings. The SMILES string of the molecule is Cl[Si](Cl)(Cl)c1ccc2ccc(-c3ccc4cc5ccccc5cc4n3)cc2c1. The number of hydrogen-bond acceptors (Lipinski definition) is 1. The zero-order valence-electron chi connectivity index (χ0n) is 14.7. The molecule has 28 heavy (non-hydrogen) atoms. The van der Waals surface area contributed by atoms with E-state index in [-0.39, 0.29) is 0 Å². The van der Waals surface area contributed by atoms with Gasteiger partial charge in [-0.15, -0.1) is 33.2 Å². The van der Waals surface area contributed by atoms with Gasteiger partial charge in [0.15, 0.2) is 0 Å². The molecule has 0 N–H and O–H groups in total. The van der Waals surface area contributed by atoms with Gasteiger partial charge in [-0.3, -0.25) is 0 Å². The minimum atomic E-state index is -2.91. The van der Waals surface area contributed by atoms with Crippen molar-refractivity contribution in [2.45, 2.75) is 0 Å². The third-order valence-electron chi connectivity index (χ3n) is 5.02. The molecule has 0 aliphatic carbocycles. The Bertz CT molecular complexity index is 1360. The van der Waals surface area contributed by atoms with Crippen LogP contribution in [0.5, 0.6) is 0 Å². The molecule has 0 aliphatic rings. The molecule has 1 aromatic heterocycles. The Labute approximate surface area is 177 Å². The smallest absolute Gasteiger partial charge is 0.248 e. The molecule has 0 radical (unpaired) electrons. The van der Waals surface area contributed by atoms with Crippen LogP contribution in [-0.2, 0) is 0 Å². The van der Waals surface area contributed by atoms with Crippen LogP contribution in [0.3, 0.4) is 0 Å². The van der Waals surface area contributed by atoms with E-state index in [9.17, 15) is 0 Å². The van der Waals surface area contributed by atoms with E-state index >= 15 is 0 Å². The maximum atomic E-state index is 6.19. The van der Waals surface area contributed by atoms with Gasteiger partial charge < -0.3 is 0 Å². The Morgan fingerprint density at radius 3 is 2.07 bits per heavy atom. The lowest BCUT2D eigenvalue weighted by molar-refractivity contribution is 1.41. The van der Waals surface area contributed by atoms with E-state index < -0.39 is 6.00 Å². The molecule has 5 rings (SSSR count). The maximum Gasteiger partial charge on any atom is 0.372 e. The topological polar surface area (TPSA) is 12.9 Å². The summed E-state index contributed by atoms with van der Waals surface area (Å²) in [7, 11) is 0. The molecule has 0 spiro atoms. The van der Waals surface area contributed by atoms with Gasteiger partial charge in [0.1, 0.15) is 0 Å². The van der Waals surface area contributed by atoms with Gasteiger partial charge >= 0.3 is 6.00 Å². The molecule has 0 bridgehead atoms. The van der Waals surface area contributed by atoms with Crippen LogP contribution < -0.4 is 5.19 Å². The molecule has 0 amide bonds. The van der Waals surface area contributed by atoms with Gasteiger partial charge in [0.05, 0.1) is 11.2 Å². The standard InChI is InChI=1S/C23H14Cl3NSi/c24-28(25,26)21-9-7-15-5-6-18(12-20(15)13-21)22-10-8-19-11-16-3-1-2-4-17(16)14-23(19)27-22/h1-14H. The highest BCUT2D eigenvalue weighted by Gasteiger charge is 2.28. The molecule has 0 unspecified atom stereocenters. The van der Waals surface area contributed by atoms with Gasteiger partial charge in [-0.05, 0) is 51.0 Å². The quantitative estimate of drug-likeness (QED) is 0.163. The van der Waals surface area contributed by atoms with Crippen LogP contribution in [0.2, 0.25) is 0 Å². The highest BCUT2D eigenvalue weighted by Crippen LogP contribution is 2.28. The molecular weight excluding hydrogens is 425 g/mol. The average molecular weight is 439 g/mol. The van der Waals surface area contributed by atoms with Crippen molar-refractivity contribution in [2.75, 3.05) is 0 Å². The lowest BCUT2D eigenvalue weighted by atomic mass is 10.0. The Morgan fingerprint density at radius 2 is 1.29 bits per heavy atom. The zero-order valence-corrected chi connectivity index (χ0v) is 17.9. The van der Waals surface area contributed by atoms with Gasteiger partial charge in [-0.2, -0.15) is 0 Å². The van der Waals surface area contributed by atoms with Crippen molar-refractivity contribution < 1.29 is 0 Å². The molecule has 5 heteroatoms. The Balaban J connectivity index is 1.65. The van der Waals surface area contributed by atoms with Crippen molar-refractivity contribution in [1.82, 2.24) is 4.98 Å². The van der Waals surface area contributed by atoms with Gasteiger partial charge in [0.25, 0.3) is 0 Å². The number of fused-ring (bicyclic) bond motifs is 3. The van der Waals surface area contributed by atoms with Crippen molar-refractivity contribution in [2.24, 2.45) is 0 Å². The summed E-state index contributed by atoms with van der Waals surface area (Å²) < 4.78 is 0. The lowest BCUT2D eigenvalue weighted by Gasteiger charge is -2.10. The predicted octanol–water partition coefficient (Wildman–Crippen LogP) is 7.07. The Kier molecular flexibility index (Phi) is 4.33. The minimum Gasteiger partial charge on any atom is -0.248 e. The van der Waals surface area contributed by atoms with E-state index in [4.69, 9.17) is 38.2 Å². The van der Waals surface area contributed by atoms with Crippen molar-refractivity contribution in [1.29, 1.82) is 0 Å². The normalized spacial score (nSPS) is 12.1. The van der Waals surface area contributed by atoms with E-state index in [0.29, 0.717) is 0 Å². The van der Waals surface area contributed by atoms with Crippen LogP contribution in [0, 0.1) is 0 Å². The third kappa shape index (κ3) is 3.27. The summed E-state index contributed by atoms with van der Waals surface area (Å²) in [5, 5.41) is 6.50. The first-order chi connectivity index (χ1) is 13.5. The summed E-state index contributed by atoms with van der Waals surface area (Å²) in [6, 6.07) is 26.1. The van der Waals surface area contributed by atoms with E-state index in [2.05, 4.69) is 60.7 Å². The second kappa shape index (κ2) is 6.75. The van der Waals surface area contributed by atoms with E-state index in [1.165, 1.54) is 10.8 Å². The van der Waals surface area contributed by atoms with Crippen LogP contribution in [0.4, 0.5) is 0 Å². The number of nitrogens with zero attached hydrogens (tertiary/aromatic N) is 1. The van der Waals surface area contributed by atoms with Gasteiger partial charge in [0.2, 0.25) is 0 Å². The van der Waals surface area contributed by atoms with Gasteiger partial charge in [-0.25, -0.2) is 4.98 Å². The largest absolute Gasteiger partial charge is 0.372 e. The number of aromatic nitrogens is 1. The fourth-order valence-electron chi connectivity index (χ4n) is 3.56. The summed E-state index contributed by atoms with van der Waals surface area (Å²) in [6.07, 6.45) is 0. The second-order valence-corrected chi connectivity index (χ2v) is 15.3. The molecule has 4 aromatic carbocycles. The van der Waals surface area contributed by atoms with E-state index in [0.717, 1.165) is 38.1 Å². The molecule has 0 saturated heterocycles. The van der Waals surface area contributed by atoms with E-state index in [1.807, 2.05) is 24.3 Å². The van der Waals surface area contributed by atoms with Gasteiger partial charge in [0, 0.05) is 10.9 Å². The van der Waals surface area contributed by atoms with Crippen molar-refractivity contribution in [3.8, 4) is 11.3 Å². The van der Waals surface area contributed by atoms with Crippen LogP contribution >= 0.6 is 33.2 Å². The summed E-state index contributed by atoms with van der Waals surface area (Å²) in [4.78, 5) is 4.90. The zero-order chi connectivity index (χ0) is 19.3. The summed E-state index contributed by atoms with van der Waals surface area (Å²) >= 11 is 18.6. The summed E-state index contributed by atoms with van der Waals surface area (Å²) in [5.41, 5.74) is 2.96. The molecule has 136 valence electrons. The fraction of sp³-hybridized carbons (Fsp3) is 0. The number of benzene rings is 4. The molecule has 0 saturated carbocycles. The average Bonchev–Trinajstić information content (AvgIpc) is 2.70. The second-order valence-electron chi connectivity index (χ2n) is 6.86. The van der Waals surface area contributed by atoms with Crippen molar-refractivity contribution in [3.05, 3.63) is 84.9 Å². The molecule has 1 heterocycles. The van der Waals surface area contributed by atoms with Crippen LogP contribution in [0.1, 0.15) is 0 Å². The minimum absolute atomic E-state index is 0.792. The van der Waals surface area contributed by atoms with Gasteiger partial charge in [-0.1, -0.05) is 60.7 Å². The number of rotatable bonds is 2. The first-order valence-corrected chi connectivity index (χ1v) is 13.9. The van der Waals surface area contributed by atoms with Crippen LogP contribution in [0.15, 0.2) is 84.9 Å². The first-order valence-electron chi connectivity index (χ1n) is 8.88. The third-order valence-corrected chi connectivity index (χ3v) is 7.95. The number of pyridine rings is 1. The number of hydrogen-bond donors (Lipinski definition) is 0. The molecule has 1 nitrogen and oxygen atoms in total. The lowest BCUT2D eigenvalue weighted by Crippen LogP contribution is -2.29. The molecule has 0 aliphatic heterocycles. The maximum absolute atomic E-state index is 6.19. The van der Waals surface area contributed by atoms with Crippen LogP contribution in [-0.4, -0.2) is 11.0 Å². The molecule has 0 fully saturated rings. The van der Waals surface area contributed by atoms with Crippen LogP contribution in [0.25, 0.3) is 43.7 Å². The first kappa shape index (κ1) is 18.0. The molecular formula is C23H14Cl3NSi. The highest BCUT2D eigenvalue weighted by atomic mass is 35.8. The van der Waals surface area contributed by atoms with Crippen molar-refractivity contribution in [3.63, 3.8) is 0 Å². The van der Waals surface area contributed by atoms with Crippen molar-refractivity contribution >= 4 is 76.9 Å². The fourth-order valence-corrected chi connectivity index (χ4v) is 5.20. The summed E-state index contributed by atoms with van der Waals surface area (Å²) in [5.74, 6) is 0. The molecule has 0 atom stereocenters. The number of halogens is 3. The predicted molar refractivity (Wildman–Crippen MR) is 125 cm³/mol. The Hall–Kier alpha value is -2.10.